The van der Waals surface area contributed by atoms with Crippen molar-refractivity contribution in [2.24, 2.45) is 0 Å². The number of aromatic amines is 1. The molecule has 1 rings (SSSR count). The lowest BCUT2D eigenvalue weighted by Gasteiger charge is -1.98. The van der Waals surface area contributed by atoms with Gasteiger partial charge < -0.3 is 15.4 Å². The molecule has 0 aliphatic carbocycles. The standard InChI is InChI=1S/C6H7N3O3/c10-5-1-4(8-3-9-5)7-2-6(11)12/h1,3H,2H2,(H,11,12)(H2,7,8,9,10). The number of anilines is 1. The molecular weight excluding hydrogens is 162 g/mol. The molecule has 0 atom stereocenters. The summed E-state index contributed by atoms with van der Waals surface area (Å²) in [5.74, 6) is -0.752. The van der Waals surface area contributed by atoms with E-state index in [2.05, 4.69) is 15.3 Å². The van der Waals surface area contributed by atoms with Crippen LogP contribution in [0.1, 0.15) is 0 Å². The van der Waals surface area contributed by atoms with E-state index in [1.807, 2.05) is 0 Å². The number of aliphatic carboxylic acids is 1. The molecule has 1 aromatic rings. The zero-order valence-electron chi connectivity index (χ0n) is 6.07. The molecule has 0 saturated heterocycles. The van der Waals surface area contributed by atoms with Gasteiger partial charge in [0, 0.05) is 6.07 Å². The van der Waals surface area contributed by atoms with E-state index in [4.69, 9.17) is 5.11 Å². The van der Waals surface area contributed by atoms with Gasteiger partial charge in [-0.2, -0.15) is 0 Å². The van der Waals surface area contributed by atoms with Gasteiger partial charge in [0.05, 0.1) is 6.33 Å². The van der Waals surface area contributed by atoms with Crippen LogP contribution in [0.4, 0.5) is 5.82 Å². The van der Waals surface area contributed by atoms with Crippen LogP contribution in [0.25, 0.3) is 0 Å². The number of rotatable bonds is 3. The second-order valence-corrected chi connectivity index (χ2v) is 2.04. The number of H-pyrrole nitrogens is 1. The van der Waals surface area contributed by atoms with Gasteiger partial charge in [-0.3, -0.25) is 9.59 Å². The Bertz CT molecular complexity index is 333. The van der Waals surface area contributed by atoms with Gasteiger partial charge in [0.15, 0.2) is 0 Å². The summed E-state index contributed by atoms with van der Waals surface area (Å²) in [7, 11) is 0. The highest BCUT2D eigenvalue weighted by atomic mass is 16.4. The van der Waals surface area contributed by atoms with E-state index in [-0.39, 0.29) is 17.9 Å². The first-order chi connectivity index (χ1) is 5.68. The fraction of sp³-hybridized carbons (Fsp3) is 0.167. The predicted octanol–water partition coefficient (Wildman–Crippen LogP) is -0.734. The highest BCUT2D eigenvalue weighted by molar-refractivity contribution is 5.72. The minimum atomic E-state index is -1.00. The van der Waals surface area contributed by atoms with E-state index in [9.17, 15) is 9.59 Å². The largest absolute Gasteiger partial charge is 0.480 e. The van der Waals surface area contributed by atoms with E-state index in [0.29, 0.717) is 0 Å². The summed E-state index contributed by atoms with van der Waals surface area (Å²) < 4.78 is 0. The van der Waals surface area contributed by atoms with Gasteiger partial charge >= 0.3 is 5.97 Å². The number of hydrogen-bond donors (Lipinski definition) is 3. The molecule has 0 aliphatic rings. The predicted molar refractivity (Wildman–Crippen MR) is 41.0 cm³/mol. The smallest absolute Gasteiger partial charge is 0.322 e. The van der Waals surface area contributed by atoms with Crippen LogP contribution in [-0.4, -0.2) is 27.6 Å². The normalized spacial score (nSPS) is 9.33. The maximum absolute atomic E-state index is 10.7. The maximum Gasteiger partial charge on any atom is 0.322 e. The van der Waals surface area contributed by atoms with Gasteiger partial charge in [-0.15, -0.1) is 0 Å². The SMILES string of the molecule is O=C(O)CNc1cc(=O)[nH]cn1. The molecular formula is C6H7N3O3. The van der Waals surface area contributed by atoms with Gasteiger partial charge in [0.1, 0.15) is 12.4 Å². The lowest BCUT2D eigenvalue weighted by atomic mass is 10.5. The quantitative estimate of drug-likeness (QED) is 0.554. The monoisotopic (exact) mass is 169 g/mol. The molecule has 0 spiro atoms. The summed E-state index contributed by atoms with van der Waals surface area (Å²) in [5.41, 5.74) is -0.321. The summed E-state index contributed by atoms with van der Waals surface area (Å²) in [5, 5.41) is 10.7. The molecule has 0 bridgehead atoms. The van der Waals surface area contributed by atoms with Crippen LogP contribution in [0.15, 0.2) is 17.2 Å². The van der Waals surface area contributed by atoms with E-state index < -0.39 is 5.97 Å². The van der Waals surface area contributed by atoms with E-state index in [0.717, 1.165) is 0 Å². The number of aromatic nitrogens is 2. The van der Waals surface area contributed by atoms with Gasteiger partial charge in [0.25, 0.3) is 5.56 Å². The van der Waals surface area contributed by atoms with Crippen molar-refractivity contribution in [1.82, 2.24) is 9.97 Å². The summed E-state index contributed by atoms with van der Waals surface area (Å²) in [6.07, 6.45) is 1.20. The number of hydrogen-bond acceptors (Lipinski definition) is 4. The molecule has 0 unspecified atom stereocenters. The van der Waals surface area contributed by atoms with Crippen LogP contribution in [0, 0.1) is 0 Å². The van der Waals surface area contributed by atoms with Crippen LogP contribution in [0.5, 0.6) is 0 Å². The van der Waals surface area contributed by atoms with E-state index in [1.165, 1.54) is 12.4 Å². The topological polar surface area (TPSA) is 95.1 Å². The Morgan fingerprint density at radius 1 is 1.75 bits per heavy atom. The lowest BCUT2D eigenvalue weighted by molar-refractivity contribution is -0.134. The van der Waals surface area contributed by atoms with Gasteiger partial charge in [-0.1, -0.05) is 0 Å². The molecule has 1 aromatic heterocycles. The van der Waals surface area contributed by atoms with Crippen LogP contribution >= 0.6 is 0 Å². The van der Waals surface area contributed by atoms with Crippen molar-refractivity contribution < 1.29 is 9.90 Å². The molecule has 3 N–H and O–H groups in total. The van der Waals surface area contributed by atoms with Crippen molar-refractivity contribution in [3.63, 3.8) is 0 Å². The Hall–Kier alpha value is -1.85. The molecule has 6 heteroatoms. The molecule has 0 saturated carbocycles. The minimum Gasteiger partial charge on any atom is -0.480 e. The first kappa shape index (κ1) is 8.25. The van der Waals surface area contributed by atoms with Crippen LogP contribution in [0.3, 0.4) is 0 Å². The third kappa shape index (κ3) is 2.41. The fourth-order valence-electron chi connectivity index (χ4n) is 0.631. The first-order valence-corrected chi connectivity index (χ1v) is 3.19. The fourth-order valence-corrected chi connectivity index (χ4v) is 0.631. The van der Waals surface area contributed by atoms with Gasteiger partial charge in [0.2, 0.25) is 0 Å². The first-order valence-electron chi connectivity index (χ1n) is 3.19. The molecule has 6 nitrogen and oxygen atoms in total. The zero-order chi connectivity index (χ0) is 8.97. The Labute approximate surface area is 67.3 Å². The van der Waals surface area contributed by atoms with E-state index >= 15 is 0 Å². The van der Waals surface area contributed by atoms with Crippen LogP contribution < -0.4 is 10.9 Å². The number of carboxylic acids is 1. The number of carbonyl (C=O) groups is 1. The molecule has 1 heterocycles. The Morgan fingerprint density at radius 3 is 3.08 bits per heavy atom. The average Bonchev–Trinajstić information content (AvgIpc) is 2.01. The molecule has 64 valence electrons. The summed E-state index contributed by atoms with van der Waals surface area (Å²) in [6, 6.07) is 1.18. The lowest BCUT2D eigenvalue weighted by Crippen LogP contribution is -2.15. The second kappa shape index (κ2) is 3.51. The van der Waals surface area contributed by atoms with Crippen molar-refractivity contribution in [3.05, 3.63) is 22.7 Å². The molecule has 0 fully saturated rings. The third-order valence-corrected chi connectivity index (χ3v) is 1.10. The Kier molecular flexibility index (Phi) is 2.42. The number of carboxylic acid groups (broad SMARTS) is 1. The minimum absolute atomic E-state index is 0.251. The highest BCUT2D eigenvalue weighted by Gasteiger charge is 1.97. The average molecular weight is 169 g/mol. The molecule has 0 amide bonds. The third-order valence-electron chi connectivity index (χ3n) is 1.10. The Balaban J connectivity index is 2.64. The number of nitrogens with zero attached hydrogens (tertiary/aromatic N) is 1. The van der Waals surface area contributed by atoms with Crippen molar-refractivity contribution in [1.29, 1.82) is 0 Å². The van der Waals surface area contributed by atoms with Crippen molar-refractivity contribution in [3.8, 4) is 0 Å². The molecule has 12 heavy (non-hydrogen) atoms. The summed E-state index contributed by atoms with van der Waals surface area (Å²) >= 11 is 0. The summed E-state index contributed by atoms with van der Waals surface area (Å²) in [4.78, 5) is 26.7. The van der Waals surface area contributed by atoms with Crippen LogP contribution in [0.2, 0.25) is 0 Å². The van der Waals surface area contributed by atoms with Gasteiger partial charge in [-0.05, 0) is 0 Å². The highest BCUT2D eigenvalue weighted by Crippen LogP contribution is 1.92. The Morgan fingerprint density at radius 2 is 2.50 bits per heavy atom. The second-order valence-electron chi connectivity index (χ2n) is 2.04. The zero-order valence-corrected chi connectivity index (χ0v) is 6.07. The molecule has 0 radical (unpaired) electrons. The van der Waals surface area contributed by atoms with E-state index in [1.54, 1.807) is 0 Å². The van der Waals surface area contributed by atoms with Gasteiger partial charge in [-0.25, -0.2) is 4.98 Å². The summed E-state index contributed by atoms with van der Waals surface area (Å²) in [6.45, 7) is -0.254. The van der Waals surface area contributed by atoms with Crippen molar-refractivity contribution in [2.75, 3.05) is 11.9 Å². The molecule has 0 aliphatic heterocycles. The number of nitrogens with one attached hydrogen (secondary N) is 2. The van der Waals surface area contributed by atoms with Crippen LogP contribution in [-0.2, 0) is 4.79 Å². The van der Waals surface area contributed by atoms with Crippen molar-refractivity contribution >= 4 is 11.8 Å². The molecule has 0 aromatic carbocycles. The maximum atomic E-state index is 10.7. The van der Waals surface area contributed by atoms with Crippen molar-refractivity contribution in [2.45, 2.75) is 0 Å².